The summed E-state index contributed by atoms with van der Waals surface area (Å²) < 4.78 is 4.79. The van der Waals surface area contributed by atoms with E-state index in [4.69, 9.17) is 9.84 Å². The van der Waals surface area contributed by atoms with Crippen molar-refractivity contribution >= 4 is 11.9 Å². The monoisotopic (exact) mass is 400 g/mol. The Kier molecular flexibility index (Phi) is 4.29. The van der Waals surface area contributed by atoms with Crippen LogP contribution in [-0.2, 0) is 9.53 Å². The van der Waals surface area contributed by atoms with Crippen molar-refractivity contribution in [2.75, 3.05) is 6.61 Å². The molecule has 0 aliphatic heterocycles. The summed E-state index contributed by atoms with van der Waals surface area (Å²) in [5, 5.41) is 20.7. The molecule has 0 spiro atoms. The van der Waals surface area contributed by atoms with Gasteiger partial charge in [0.25, 0.3) is 0 Å². The minimum Gasteiger partial charge on any atom is -0.450 e. The summed E-state index contributed by atoms with van der Waals surface area (Å²) >= 11 is 0. The first kappa shape index (κ1) is 19.3. The van der Waals surface area contributed by atoms with Gasteiger partial charge in [0.15, 0.2) is 5.78 Å². The lowest BCUT2D eigenvalue weighted by molar-refractivity contribution is -0.153. The van der Waals surface area contributed by atoms with Crippen molar-refractivity contribution in [3.8, 4) is 0 Å². The highest BCUT2D eigenvalue weighted by Gasteiger charge is 2.75. The number of carbonyl (C=O) groups is 2. The topological polar surface area (TPSA) is 83.8 Å². The van der Waals surface area contributed by atoms with Gasteiger partial charge in [0.05, 0.1) is 12.2 Å². The van der Waals surface area contributed by atoms with Crippen molar-refractivity contribution < 1.29 is 24.5 Å². The average Bonchev–Trinajstić information content (AvgIpc) is 3.43. The lowest BCUT2D eigenvalue weighted by Crippen LogP contribution is -2.57. The molecule has 0 radical (unpaired) electrons. The van der Waals surface area contributed by atoms with Crippen molar-refractivity contribution in [2.24, 2.45) is 46.8 Å². The highest BCUT2D eigenvalue weighted by Crippen LogP contribution is 2.77. The molecule has 29 heavy (non-hydrogen) atoms. The fourth-order valence-corrected chi connectivity index (χ4v) is 8.40. The third kappa shape index (κ3) is 2.62. The fourth-order valence-electron chi connectivity index (χ4n) is 8.40. The SMILES string of the molecule is C=C[C@@H]1CC2=CC(=O)CC[C@@H]2[C@H]2CC[C@@]3(C)[C@@H]([C@H]4C[C@H]4[C@@]3(O)CCOC(=O)O)[C@@H]21. The van der Waals surface area contributed by atoms with E-state index in [9.17, 15) is 14.7 Å². The van der Waals surface area contributed by atoms with Gasteiger partial charge in [-0.2, -0.15) is 0 Å². The lowest BCUT2D eigenvalue weighted by Gasteiger charge is -2.59. The summed E-state index contributed by atoms with van der Waals surface area (Å²) in [6.45, 7) is 6.46. The summed E-state index contributed by atoms with van der Waals surface area (Å²) in [6, 6.07) is 0. The Morgan fingerprint density at radius 1 is 1.38 bits per heavy atom. The highest BCUT2D eigenvalue weighted by molar-refractivity contribution is 5.91. The molecule has 158 valence electrons. The summed E-state index contributed by atoms with van der Waals surface area (Å²) in [5.41, 5.74) is 0.301. The number of carboxylic acid groups (broad SMARTS) is 1. The zero-order valence-electron chi connectivity index (χ0n) is 17.2. The predicted molar refractivity (Wildman–Crippen MR) is 107 cm³/mol. The summed E-state index contributed by atoms with van der Waals surface area (Å²) in [6.07, 6.45) is 8.81. The fraction of sp³-hybridized carbons (Fsp3) is 0.750. The third-order valence-electron chi connectivity index (χ3n) is 9.56. The molecular formula is C24H32O5. The summed E-state index contributed by atoms with van der Waals surface area (Å²) in [5.74, 6) is 3.47. The first-order valence-electron chi connectivity index (χ1n) is 11.2. The number of ketones is 1. The van der Waals surface area contributed by atoms with Crippen LogP contribution in [0.3, 0.4) is 0 Å². The molecule has 0 bridgehead atoms. The summed E-state index contributed by atoms with van der Waals surface area (Å²) in [4.78, 5) is 22.8. The van der Waals surface area contributed by atoms with E-state index in [1.807, 2.05) is 6.08 Å². The van der Waals surface area contributed by atoms with Crippen LogP contribution >= 0.6 is 0 Å². The van der Waals surface area contributed by atoms with Crippen LogP contribution in [0.2, 0.25) is 0 Å². The summed E-state index contributed by atoms with van der Waals surface area (Å²) in [7, 11) is 0. The van der Waals surface area contributed by atoms with Crippen molar-refractivity contribution in [1.29, 1.82) is 0 Å². The van der Waals surface area contributed by atoms with Crippen LogP contribution < -0.4 is 0 Å². The van der Waals surface area contributed by atoms with Crippen LogP contribution in [0.1, 0.15) is 51.9 Å². The Labute approximate surface area is 172 Å². The highest BCUT2D eigenvalue weighted by atomic mass is 16.7. The molecular weight excluding hydrogens is 368 g/mol. The quantitative estimate of drug-likeness (QED) is 0.545. The molecule has 2 N–H and O–H groups in total. The molecule has 5 heteroatoms. The molecule has 4 fully saturated rings. The van der Waals surface area contributed by atoms with Gasteiger partial charge >= 0.3 is 6.16 Å². The number of ether oxygens (including phenoxy) is 1. The number of allylic oxidation sites excluding steroid dienone is 2. The Morgan fingerprint density at radius 2 is 2.17 bits per heavy atom. The predicted octanol–water partition coefficient (Wildman–Crippen LogP) is 4.21. The molecule has 9 atom stereocenters. The maximum absolute atomic E-state index is 12.0. The van der Waals surface area contributed by atoms with Gasteiger partial charge in [-0.3, -0.25) is 4.79 Å². The van der Waals surface area contributed by atoms with Gasteiger partial charge in [-0.05, 0) is 79.6 Å². The van der Waals surface area contributed by atoms with Crippen LogP contribution in [0, 0.1) is 46.8 Å². The van der Waals surface area contributed by atoms with Gasteiger partial charge < -0.3 is 14.9 Å². The lowest BCUT2D eigenvalue weighted by atomic mass is 9.46. The van der Waals surface area contributed by atoms with Crippen LogP contribution in [0.4, 0.5) is 4.79 Å². The zero-order valence-corrected chi connectivity index (χ0v) is 17.2. The number of hydrogen-bond acceptors (Lipinski definition) is 4. The zero-order chi connectivity index (χ0) is 20.6. The molecule has 0 aromatic heterocycles. The van der Waals surface area contributed by atoms with Crippen LogP contribution in [0.15, 0.2) is 24.3 Å². The normalized spacial score (nSPS) is 49.8. The Morgan fingerprint density at radius 3 is 2.90 bits per heavy atom. The first-order valence-corrected chi connectivity index (χ1v) is 11.2. The van der Waals surface area contributed by atoms with Crippen molar-refractivity contribution in [3.63, 3.8) is 0 Å². The third-order valence-corrected chi connectivity index (χ3v) is 9.56. The molecule has 0 amide bonds. The smallest absolute Gasteiger partial charge is 0.450 e. The minimum absolute atomic E-state index is 0.0635. The van der Waals surface area contributed by atoms with Gasteiger partial charge in [-0.1, -0.05) is 18.6 Å². The molecule has 0 heterocycles. The molecule has 5 nitrogen and oxygen atoms in total. The second kappa shape index (κ2) is 6.44. The van der Waals surface area contributed by atoms with Gasteiger partial charge in [0.2, 0.25) is 0 Å². The number of rotatable bonds is 4. The first-order chi connectivity index (χ1) is 13.8. The number of hydrogen-bond donors (Lipinski definition) is 2. The minimum atomic E-state index is -1.27. The Balaban J connectivity index is 1.46. The standard InChI is InChI=1S/C24H32O5/c1-3-13-10-14-11-15(25)4-5-16(14)17-6-7-23(2)21(20(13)17)18-12-19(18)24(23,28)8-9-29-22(26)27/h3,11,13,16-21,28H,1,4-10,12H2,2H3,(H,26,27)/t13-,16+,17-,18+,19-,20-,21+,23+,24+/m1/s1. The number of carbonyl (C=O) groups excluding carboxylic acids is 1. The molecule has 5 aliphatic carbocycles. The van der Waals surface area contributed by atoms with E-state index < -0.39 is 11.8 Å². The average molecular weight is 401 g/mol. The van der Waals surface area contributed by atoms with Gasteiger partial charge in [0, 0.05) is 18.3 Å². The second-order valence-electron chi connectivity index (χ2n) is 10.5. The van der Waals surface area contributed by atoms with Crippen LogP contribution in [0.5, 0.6) is 0 Å². The Bertz CT molecular complexity index is 786. The second-order valence-corrected chi connectivity index (χ2v) is 10.5. The molecule has 0 aromatic carbocycles. The van der Waals surface area contributed by atoms with Crippen molar-refractivity contribution in [2.45, 2.75) is 57.5 Å². The molecule has 0 unspecified atom stereocenters. The van der Waals surface area contributed by atoms with Gasteiger partial charge in [-0.15, -0.1) is 6.58 Å². The van der Waals surface area contributed by atoms with Crippen LogP contribution in [0.25, 0.3) is 0 Å². The molecule has 0 saturated heterocycles. The van der Waals surface area contributed by atoms with Crippen LogP contribution in [-0.4, -0.2) is 34.4 Å². The van der Waals surface area contributed by atoms with Crippen molar-refractivity contribution in [1.82, 2.24) is 0 Å². The maximum Gasteiger partial charge on any atom is 0.505 e. The van der Waals surface area contributed by atoms with E-state index in [1.165, 1.54) is 5.57 Å². The molecule has 5 rings (SSSR count). The maximum atomic E-state index is 12.0. The number of fused-ring (bicyclic) bond motifs is 7. The van der Waals surface area contributed by atoms with E-state index in [0.717, 1.165) is 32.1 Å². The van der Waals surface area contributed by atoms with E-state index in [1.54, 1.807) is 0 Å². The van der Waals surface area contributed by atoms with E-state index in [0.29, 0.717) is 48.3 Å². The van der Waals surface area contributed by atoms with E-state index in [-0.39, 0.29) is 23.7 Å². The molecule has 5 aliphatic rings. The molecule has 4 saturated carbocycles. The van der Waals surface area contributed by atoms with Gasteiger partial charge in [-0.25, -0.2) is 4.79 Å². The largest absolute Gasteiger partial charge is 0.505 e. The number of aliphatic hydroxyl groups is 1. The Hall–Kier alpha value is -1.62. The van der Waals surface area contributed by atoms with E-state index >= 15 is 0 Å². The van der Waals surface area contributed by atoms with E-state index in [2.05, 4.69) is 19.6 Å². The van der Waals surface area contributed by atoms with Gasteiger partial charge in [0.1, 0.15) is 0 Å². The van der Waals surface area contributed by atoms with Crippen molar-refractivity contribution in [3.05, 3.63) is 24.3 Å². The molecule has 0 aromatic rings.